The van der Waals surface area contributed by atoms with E-state index in [4.69, 9.17) is 4.74 Å². The Hall–Kier alpha value is -1.15. The van der Waals surface area contributed by atoms with Crippen molar-refractivity contribution < 1.29 is 9.53 Å². The summed E-state index contributed by atoms with van der Waals surface area (Å²) in [5.74, 6) is 0.606. The number of carbonyl (C=O) groups excluding carboxylic acids is 1. The molecule has 0 bridgehead atoms. The predicted molar refractivity (Wildman–Crippen MR) is 78.9 cm³/mol. The Morgan fingerprint density at radius 2 is 1.74 bits per heavy atom. The molecule has 2 nitrogen and oxygen atoms in total. The topological polar surface area (TPSA) is 26.3 Å². The second-order valence-corrected chi connectivity index (χ2v) is 6.46. The first kappa shape index (κ1) is 15.9. The summed E-state index contributed by atoms with van der Waals surface area (Å²) in [5.41, 5.74) is 0.861. The molecule has 0 heterocycles. The number of ketones is 1. The number of hydrogen-bond donors (Lipinski definition) is 0. The van der Waals surface area contributed by atoms with E-state index in [2.05, 4.69) is 13.8 Å². The lowest BCUT2D eigenvalue weighted by molar-refractivity contribution is -0.130. The van der Waals surface area contributed by atoms with E-state index in [0.717, 1.165) is 5.56 Å². The number of hydrogen-bond acceptors (Lipinski definition) is 2. The third-order valence-corrected chi connectivity index (χ3v) is 3.27. The molecule has 2 heteroatoms. The zero-order valence-electron chi connectivity index (χ0n) is 12.8. The van der Waals surface area contributed by atoms with Gasteiger partial charge in [-0.15, -0.1) is 0 Å². The Kier molecular flexibility index (Phi) is 5.74. The van der Waals surface area contributed by atoms with Crippen molar-refractivity contribution in [2.45, 2.75) is 53.8 Å². The number of ether oxygens (including phenoxy) is 1. The van der Waals surface area contributed by atoms with Crippen LogP contribution in [0.15, 0.2) is 30.3 Å². The lowest BCUT2D eigenvalue weighted by Gasteiger charge is -2.25. The van der Waals surface area contributed by atoms with Gasteiger partial charge in [-0.05, 0) is 11.5 Å². The lowest BCUT2D eigenvalue weighted by Crippen LogP contribution is -2.29. The second-order valence-electron chi connectivity index (χ2n) is 6.46. The second kappa shape index (κ2) is 6.85. The van der Waals surface area contributed by atoms with Crippen molar-refractivity contribution in [3.63, 3.8) is 0 Å². The summed E-state index contributed by atoms with van der Waals surface area (Å²) in [6.07, 6.45) is 0.487. The van der Waals surface area contributed by atoms with Crippen molar-refractivity contribution in [2.75, 3.05) is 0 Å². The highest BCUT2D eigenvalue weighted by Gasteiger charge is 2.26. The minimum atomic E-state index is -0.288. The van der Waals surface area contributed by atoms with Crippen LogP contribution in [0.1, 0.15) is 46.6 Å². The molecule has 0 spiro atoms. The van der Waals surface area contributed by atoms with E-state index in [1.165, 1.54) is 0 Å². The molecular weight excluding hydrogens is 236 g/mol. The van der Waals surface area contributed by atoms with Crippen LogP contribution in [0.2, 0.25) is 0 Å². The van der Waals surface area contributed by atoms with Crippen LogP contribution in [0.5, 0.6) is 0 Å². The first-order valence-corrected chi connectivity index (χ1v) is 6.99. The smallest absolute Gasteiger partial charge is 0.140 e. The Balaban J connectivity index is 2.57. The van der Waals surface area contributed by atoms with Gasteiger partial charge < -0.3 is 4.74 Å². The predicted octanol–water partition coefficient (Wildman–Crippen LogP) is 4.23. The summed E-state index contributed by atoms with van der Waals surface area (Å²) in [7, 11) is 0. The zero-order chi connectivity index (χ0) is 14.5. The van der Waals surface area contributed by atoms with Crippen LogP contribution in [-0.4, -0.2) is 11.9 Å². The van der Waals surface area contributed by atoms with Crippen LogP contribution in [0.25, 0.3) is 0 Å². The monoisotopic (exact) mass is 262 g/mol. The molecule has 0 saturated heterocycles. The molecule has 106 valence electrons. The molecule has 1 aromatic carbocycles. The summed E-state index contributed by atoms with van der Waals surface area (Å²) >= 11 is 0. The van der Waals surface area contributed by atoms with Crippen molar-refractivity contribution in [1.29, 1.82) is 0 Å². The summed E-state index contributed by atoms with van der Waals surface area (Å²) in [6, 6.07) is 10.1. The average Bonchev–Trinajstić information content (AvgIpc) is 2.33. The number of rotatable bonds is 6. The van der Waals surface area contributed by atoms with Crippen molar-refractivity contribution in [3.8, 4) is 0 Å². The fraction of sp³-hybridized carbons (Fsp3) is 0.588. The largest absolute Gasteiger partial charge is 0.373 e. The van der Waals surface area contributed by atoms with E-state index >= 15 is 0 Å². The van der Waals surface area contributed by atoms with Crippen molar-refractivity contribution in [3.05, 3.63) is 35.9 Å². The highest BCUT2D eigenvalue weighted by atomic mass is 16.5. The summed E-state index contributed by atoms with van der Waals surface area (Å²) in [6.45, 7) is 10.7. The molecule has 1 atom stereocenters. The van der Waals surface area contributed by atoms with Crippen LogP contribution in [0, 0.1) is 11.3 Å². The van der Waals surface area contributed by atoms with Crippen LogP contribution in [-0.2, 0) is 16.1 Å². The molecule has 0 N–H and O–H groups in total. The normalized spacial score (nSPS) is 13.6. The van der Waals surface area contributed by atoms with Crippen molar-refractivity contribution in [1.82, 2.24) is 0 Å². The Bertz CT molecular complexity index is 387. The first-order chi connectivity index (χ1) is 8.80. The fourth-order valence-corrected chi connectivity index (χ4v) is 1.75. The van der Waals surface area contributed by atoms with Gasteiger partial charge in [-0.2, -0.15) is 0 Å². The highest BCUT2D eigenvalue weighted by molar-refractivity contribution is 5.84. The fourth-order valence-electron chi connectivity index (χ4n) is 1.75. The molecule has 0 aromatic heterocycles. The van der Waals surface area contributed by atoms with E-state index in [9.17, 15) is 4.79 Å². The molecule has 0 aliphatic heterocycles. The summed E-state index contributed by atoms with van der Waals surface area (Å²) in [4.78, 5) is 12.1. The summed E-state index contributed by atoms with van der Waals surface area (Å²) < 4.78 is 5.93. The van der Waals surface area contributed by atoms with E-state index in [-0.39, 0.29) is 17.3 Å². The molecule has 0 saturated carbocycles. The van der Waals surface area contributed by atoms with Crippen LogP contribution in [0.4, 0.5) is 0 Å². The van der Waals surface area contributed by atoms with Gasteiger partial charge in [0.25, 0.3) is 0 Å². The maximum Gasteiger partial charge on any atom is 0.140 e. The molecule has 19 heavy (non-hydrogen) atoms. The standard InChI is InChI=1S/C17H26O2/c1-13(2)15(11-16(18)17(3,4)5)19-12-14-9-7-6-8-10-14/h6-10,13,15H,11-12H2,1-5H3. The van der Waals surface area contributed by atoms with Crippen LogP contribution in [0.3, 0.4) is 0 Å². The molecule has 0 fully saturated rings. The molecule has 1 unspecified atom stereocenters. The minimum absolute atomic E-state index is 0.00747. The number of Topliss-reactive ketones (excluding diaryl/α,β-unsaturated/α-hetero) is 1. The maximum atomic E-state index is 12.1. The number of carbonyl (C=O) groups is 1. The van der Waals surface area contributed by atoms with E-state index in [0.29, 0.717) is 18.9 Å². The average molecular weight is 262 g/mol. The van der Waals surface area contributed by atoms with Crippen molar-refractivity contribution in [2.24, 2.45) is 11.3 Å². The van der Waals surface area contributed by atoms with Gasteiger partial charge in [0.15, 0.2) is 0 Å². The Morgan fingerprint density at radius 3 is 2.21 bits per heavy atom. The molecule has 0 aliphatic carbocycles. The first-order valence-electron chi connectivity index (χ1n) is 6.99. The van der Waals surface area contributed by atoms with Crippen molar-refractivity contribution >= 4 is 5.78 Å². The van der Waals surface area contributed by atoms with Crippen LogP contribution < -0.4 is 0 Å². The van der Waals surface area contributed by atoms with Gasteiger partial charge in [0.1, 0.15) is 5.78 Å². The Morgan fingerprint density at radius 1 is 1.16 bits per heavy atom. The molecule has 1 rings (SSSR count). The quantitative estimate of drug-likeness (QED) is 0.766. The number of benzene rings is 1. The van der Waals surface area contributed by atoms with Gasteiger partial charge in [-0.1, -0.05) is 65.0 Å². The third kappa shape index (κ3) is 5.56. The van der Waals surface area contributed by atoms with Gasteiger partial charge in [0.05, 0.1) is 12.7 Å². The van der Waals surface area contributed by atoms with Gasteiger partial charge >= 0.3 is 0 Å². The van der Waals surface area contributed by atoms with E-state index < -0.39 is 0 Å². The van der Waals surface area contributed by atoms with Gasteiger partial charge in [-0.3, -0.25) is 4.79 Å². The molecular formula is C17H26O2. The van der Waals surface area contributed by atoms with Gasteiger partial charge in [0, 0.05) is 11.8 Å². The van der Waals surface area contributed by atoms with E-state index in [1.54, 1.807) is 0 Å². The molecule has 0 amide bonds. The van der Waals surface area contributed by atoms with Crippen LogP contribution >= 0.6 is 0 Å². The minimum Gasteiger partial charge on any atom is -0.373 e. The SMILES string of the molecule is CC(C)C(CC(=O)C(C)(C)C)OCc1ccccc1. The molecule has 1 aromatic rings. The highest BCUT2D eigenvalue weighted by Crippen LogP contribution is 2.22. The summed E-state index contributed by atoms with van der Waals surface area (Å²) in [5, 5.41) is 0. The zero-order valence-corrected chi connectivity index (χ0v) is 12.8. The van der Waals surface area contributed by atoms with Gasteiger partial charge in [0.2, 0.25) is 0 Å². The molecule has 0 aliphatic rings. The lowest BCUT2D eigenvalue weighted by atomic mass is 9.86. The van der Waals surface area contributed by atoms with Gasteiger partial charge in [-0.25, -0.2) is 0 Å². The Labute approximate surface area is 117 Å². The maximum absolute atomic E-state index is 12.1. The third-order valence-electron chi connectivity index (χ3n) is 3.27. The van der Waals surface area contributed by atoms with E-state index in [1.807, 2.05) is 51.1 Å². The molecule has 0 radical (unpaired) electrons.